The van der Waals surface area contributed by atoms with Crippen LogP contribution in [0.1, 0.15) is 206 Å². The van der Waals surface area contributed by atoms with E-state index < -0.39 is 6.23 Å². The van der Waals surface area contributed by atoms with Crippen molar-refractivity contribution < 1.29 is 15.0 Å². The number of carbonyl (C=O) groups is 1. The van der Waals surface area contributed by atoms with Crippen molar-refractivity contribution in [3.63, 3.8) is 0 Å². The number of amides is 1. The van der Waals surface area contributed by atoms with Crippen molar-refractivity contribution in [1.29, 1.82) is 0 Å². The summed E-state index contributed by atoms with van der Waals surface area (Å²) in [5, 5.41) is 20.0. The number of rotatable bonds is 33. The number of hydrogen-bond donors (Lipinski definition) is 2. The zero-order chi connectivity index (χ0) is 29.4. The Hall–Kier alpha value is -0.610. The standard InChI is InChI=1S/C36H73NO3/c1-3-5-7-9-11-13-15-17-18-20-22-24-26-28-30-32-36(40)37(33-34-38)35(39)31-29-27-25-23-21-19-16-14-12-10-8-6-4-2/h35,38-39H,3-34H2,1-2H3. The molecule has 240 valence electrons. The smallest absolute Gasteiger partial charge is 0.224 e. The highest BCUT2D eigenvalue weighted by atomic mass is 16.3. The van der Waals surface area contributed by atoms with Crippen LogP contribution in [-0.4, -0.2) is 40.4 Å². The molecule has 0 saturated heterocycles. The minimum absolute atomic E-state index is 0.00550. The lowest BCUT2D eigenvalue weighted by Gasteiger charge is -2.27. The molecule has 0 rings (SSSR count). The first kappa shape index (κ1) is 39.4. The maximum absolute atomic E-state index is 12.7. The summed E-state index contributed by atoms with van der Waals surface area (Å²) in [5.74, 6) is 0.00550. The van der Waals surface area contributed by atoms with Gasteiger partial charge in [0.15, 0.2) is 0 Å². The van der Waals surface area contributed by atoms with Crippen molar-refractivity contribution in [3.8, 4) is 0 Å². The molecule has 0 saturated carbocycles. The van der Waals surface area contributed by atoms with E-state index in [2.05, 4.69) is 13.8 Å². The van der Waals surface area contributed by atoms with Gasteiger partial charge in [0.05, 0.1) is 6.61 Å². The maximum atomic E-state index is 12.7. The zero-order valence-corrected chi connectivity index (χ0v) is 27.5. The molecule has 0 aromatic rings. The third-order valence-electron chi connectivity index (χ3n) is 8.58. The van der Waals surface area contributed by atoms with Gasteiger partial charge in [-0.2, -0.15) is 0 Å². The number of aliphatic hydroxyl groups excluding tert-OH is 2. The Morgan fingerprint density at radius 3 is 1.12 bits per heavy atom. The molecule has 0 aliphatic carbocycles. The number of unbranched alkanes of at least 4 members (excludes halogenated alkanes) is 26. The van der Waals surface area contributed by atoms with E-state index in [1.165, 1.54) is 159 Å². The first-order chi connectivity index (χ1) is 19.7. The van der Waals surface area contributed by atoms with E-state index in [4.69, 9.17) is 0 Å². The van der Waals surface area contributed by atoms with Crippen molar-refractivity contribution in [1.82, 2.24) is 4.90 Å². The molecular weight excluding hydrogens is 494 g/mol. The fourth-order valence-corrected chi connectivity index (χ4v) is 5.84. The first-order valence-electron chi connectivity index (χ1n) is 18.3. The summed E-state index contributed by atoms with van der Waals surface area (Å²) in [7, 11) is 0. The van der Waals surface area contributed by atoms with Gasteiger partial charge in [0, 0.05) is 13.0 Å². The van der Waals surface area contributed by atoms with Gasteiger partial charge >= 0.3 is 0 Å². The Kier molecular flexibility index (Phi) is 32.4. The monoisotopic (exact) mass is 568 g/mol. The second-order valence-corrected chi connectivity index (χ2v) is 12.5. The largest absolute Gasteiger partial charge is 0.395 e. The molecule has 0 spiro atoms. The van der Waals surface area contributed by atoms with Crippen molar-refractivity contribution in [2.75, 3.05) is 13.2 Å². The van der Waals surface area contributed by atoms with E-state index in [9.17, 15) is 15.0 Å². The van der Waals surface area contributed by atoms with Crippen LogP contribution < -0.4 is 0 Å². The average Bonchev–Trinajstić information content (AvgIpc) is 2.96. The van der Waals surface area contributed by atoms with Crippen LogP contribution in [0.2, 0.25) is 0 Å². The molecule has 2 N–H and O–H groups in total. The lowest BCUT2D eigenvalue weighted by atomic mass is 10.0. The summed E-state index contributed by atoms with van der Waals surface area (Å²) >= 11 is 0. The van der Waals surface area contributed by atoms with Crippen molar-refractivity contribution in [2.45, 2.75) is 213 Å². The van der Waals surface area contributed by atoms with Gasteiger partial charge in [-0.25, -0.2) is 0 Å². The van der Waals surface area contributed by atoms with E-state index >= 15 is 0 Å². The lowest BCUT2D eigenvalue weighted by Crippen LogP contribution is -2.42. The normalized spacial score (nSPS) is 12.2. The third kappa shape index (κ3) is 27.6. The van der Waals surface area contributed by atoms with Crippen molar-refractivity contribution in [3.05, 3.63) is 0 Å². The van der Waals surface area contributed by atoms with Gasteiger partial charge in [-0.1, -0.05) is 181 Å². The van der Waals surface area contributed by atoms with Gasteiger partial charge in [-0.3, -0.25) is 4.79 Å². The predicted molar refractivity (Wildman–Crippen MR) is 175 cm³/mol. The summed E-state index contributed by atoms with van der Waals surface area (Å²) < 4.78 is 0. The Morgan fingerprint density at radius 2 is 0.800 bits per heavy atom. The summed E-state index contributed by atoms with van der Waals surface area (Å²) in [4.78, 5) is 14.2. The summed E-state index contributed by atoms with van der Waals surface area (Å²) in [6.45, 7) is 4.71. The van der Waals surface area contributed by atoms with E-state index in [0.717, 1.165) is 25.7 Å². The average molecular weight is 568 g/mol. The van der Waals surface area contributed by atoms with Crippen LogP contribution >= 0.6 is 0 Å². The molecule has 40 heavy (non-hydrogen) atoms. The van der Waals surface area contributed by atoms with Gasteiger partial charge in [-0.05, 0) is 19.3 Å². The summed E-state index contributed by atoms with van der Waals surface area (Å²) in [6.07, 6.45) is 37.0. The highest BCUT2D eigenvalue weighted by Gasteiger charge is 2.20. The third-order valence-corrected chi connectivity index (χ3v) is 8.58. The number of aliphatic hydroxyl groups is 2. The molecule has 0 heterocycles. The molecule has 0 aromatic heterocycles. The van der Waals surface area contributed by atoms with E-state index in [-0.39, 0.29) is 19.1 Å². The molecule has 0 bridgehead atoms. The fourth-order valence-electron chi connectivity index (χ4n) is 5.84. The van der Waals surface area contributed by atoms with Gasteiger partial charge in [0.1, 0.15) is 6.23 Å². The van der Waals surface area contributed by atoms with Crippen LogP contribution in [0.4, 0.5) is 0 Å². The van der Waals surface area contributed by atoms with Crippen molar-refractivity contribution >= 4 is 5.91 Å². The maximum Gasteiger partial charge on any atom is 0.224 e. The van der Waals surface area contributed by atoms with Crippen molar-refractivity contribution in [2.24, 2.45) is 0 Å². The topological polar surface area (TPSA) is 60.8 Å². The van der Waals surface area contributed by atoms with E-state index in [1.54, 1.807) is 0 Å². The Labute approximate surface area is 251 Å². The lowest BCUT2D eigenvalue weighted by molar-refractivity contribution is -0.142. The van der Waals surface area contributed by atoms with Crippen LogP contribution in [0, 0.1) is 0 Å². The van der Waals surface area contributed by atoms with Gasteiger partial charge in [-0.15, -0.1) is 0 Å². The molecule has 1 amide bonds. The Balaban J connectivity index is 3.65. The number of hydrogen-bond acceptors (Lipinski definition) is 3. The highest BCUT2D eigenvalue weighted by Crippen LogP contribution is 2.17. The molecule has 0 aliphatic rings. The number of nitrogens with zero attached hydrogens (tertiary/aromatic N) is 1. The molecule has 0 aromatic carbocycles. The Bertz CT molecular complexity index is 498. The minimum atomic E-state index is -0.747. The predicted octanol–water partition coefficient (Wildman–Crippen LogP) is 10.9. The molecule has 0 radical (unpaired) electrons. The highest BCUT2D eigenvalue weighted by molar-refractivity contribution is 5.76. The van der Waals surface area contributed by atoms with Crippen LogP contribution in [-0.2, 0) is 4.79 Å². The molecule has 0 fully saturated rings. The van der Waals surface area contributed by atoms with Gasteiger partial charge in [0.2, 0.25) is 5.91 Å². The fraction of sp³-hybridized carbons (Fsp3) is 0.972. The van der Waals surface area contributed by atoms with Crippen LogP contribution in [0.15, 0.2) is 0 Å². The second-order valence-electron chi connectivity index (χ2n) is 12.5. The zero-order valence-electron chi connectivity index (χ0n) is 27.5. The molecule has 4 nitrogen and oxygen atoms in total. The molecule has 1 unspecified atom stereocenters. The molecule has 4 heteroatoms. The molecule has 0 aliphatic heterocycles. The SMILES string of the molecule is CCCCCCCCCCCCCCCCCC(=O)N(CCO)C(O)CCCCCCCCCCCCCCC. The molecular formula is C36H73NO3. The quantitative estimate of drug-likeness (QED) is 0.0612. The number of carbonyl (C=O) groups excluding carboxylic acids is 1. The molecule has 1 atom stereocenters. The Morgan fingerprint density at radius 1 is 0.500 bits per heavy atom. The van der Waals surface area contributed by atoms with Crippen LogP contribution in [0.5, 0.6) is 0 Å². The van der Waals surface area contributed by atoms with E-state index in [1.807, 2.05) is 0 Å². The first-order valence-corrected chi connectivity index (χ1v) is 18.3. The van der Waals surface area contributed by atoms with Gasteiger partial charge in [0.25, 0.3) is 0 Å². The summed E-state index contributed by atoms with van der Waals surface area (Å²) in [5.41, 5.74) is 0. The van der Waals surface area contributed by atoms with E-state index in [0.29, 0.717) is 12.8 Å². The van der Waals surface area contributed by atoms with Crippen LogP contribution in [0.3, 0.4) is 0 Å². The second kappa shape index (κ2) is 32.9. The van der Waals surface area contributed by atoms with Crippen LogP contribution in [0.25, 0.3) is 0 Å². The summed E-state index contributed by atoms with van der Waals surface area (Å²) in [6, 6.07) is 0. The van der Waals surface area contributed by atoms with Gasteiger partial charge < -0.3 is 15.1 Å². The minimum Gasteiger partial charge on any atom is -0.395 e.